The van der Waals surface area contributed by atoms with Gasteiger partial charge in [-0.3, -0.25) is 4.68 Å². The second kappa shape index (κ2) is 5.48. The first-order valence-corrected chi connectivity index (χ1v) is 7.25. The molecule has 0 saturated carbocycles. The molecular formula is C15H16ClFN4. The number of imidazole rings is 1. The van der Waals surface area contributed by atoms with E-state index in [0.717, 1.165) is 29.9 Å². The van der Waals surface area contributed by atoms with E-state index in [1.165, 1.54) is 12.1 Å². The Balaban J connectivity index is 1.97. The third-order valence-corrected chi connectivity index (χ3v) is 3.67. The van der Waals surface area contributed by atoms with Crippen molar-refractivity contribution in [2.24, 2.45) is 7.05 Å². The number of hydrogen-bond acceptors (Lipinski definition) is 2. The fourth-order valence-electron chi connectivity index (χ4n) is 2.50. The molecule has 0 fully saturated rings. The van der Waals surface area contributed by atoms with E-state index < -0.39 is 0 Å². The highest BCUT2D eigenvalue weighted by atomic mass is 35.5. The topological polar surface area (TPSA) is 35.6 Å². The van der Waals surface area contributed by atoms with Gasteiger partial charge in [0, 0.05) is 25.9 Å². The van der Waals surface area contributed by atoms with Gasteiger partial charge in [0.1, 0.15) is 11.6 Å². The molecule has 3 rings (SSSR count). The Morgan fingerprint density at radius 1 is 1.38 bits per heavy atom. The lowest BCUT2D eigenvalue weighted by Crippen LogP contribution is -2.06. The van der Waals surface area contributed by atoms with Gasteiger partial charge < -0.3 is 4.57 Å². The van der Waals surface area contributed by atoms with Gasteiger partial charge in [-0.05, 0) is 31.0 Å². The van der Waals surface area contributed by atoms with E-state index in [4.69, 9.17) is 11.6 Å². The monoisotopic (exact) mass is 306 g/mol. The van der Waals surface area contributed by atoms with Gasteiger partial charge in [0.25, 0.3) is 0 Å². The number of fused-ring (bicyclic) bond motifs is 1. The van der Waals surface area contributed by atoms with Gasteiger partial charge in [-0.15, -0.1) is 11.6 Å². The predicted molar refractivity (Wildman–Crippen MR) is 80.9 cm³/mol. The van der Waals surface area contributed by atoms with E-state index in [-0.39, 0.29) is 11.2 Å². The smallest absolute Gasteiger partial charge is 0.127 e. The van der Waals surface area contributed by atoms with Gasteiger partial charge >= 0.3 is 0 Å². The van der Waals surface area contributed by atoms with E-state index >= 15 is 0 Å². The zero-order valence-corrected chi connectivity index (χ0v) is 12.7. The molecule has 1 unspecified atom stereocenters. The van der Waals surface area contributed by atoms with Gasteiger partial charge in [-0.2, -0.15) is 5.10 Å². The molecule has 0 saturated heterocycles. The molecule has 0 radical (unpaired) electrons. The van der Waals surface area contributed by atoms with Gasteiger partial charge in [-0.25, -0.2) is 9.37 Å². The van der Waals surface area contributed by atoms with E-state index in [2.05, 4.69) is 14.6 Å². The second-order valence-electron chi connectivity index (χ2n) is 5.14. The average Bonchev–Trinajstić information content (AvgIpc) is 2.99. The fraction of sp³-hybridized carbons (Fsp3) is 0.333. The molecule has 1 atom stereocenters. The third-order valence-electron chi connectivity index (χ3n) is 3.48. The molecule has 2 aromatic heterocycles. The number of aromatic nitrogens is 4. The Kier molecular flexibility index (Phi) is 3.68. The van der Waals surface area contributed by atoms with Crippen molar-refractivity contribution in [1.82, 2.24) is 19.3 Å². The van der Waals surface area contributed by atoms with Crippen molar-refractivity contribution in [2.45, 2.75) is 25.3 Å². The van der Waals surface area contributed by atoms with Crippen LogP contribution in [0.5, 0.6) is 0 Å². The minimum Gasteiger partial charge on any atom is -0.326 e. The minimum atomic E-state index is -0.284. The summed E-state index contributed by atoms with van der Waals surface area (Å²) in [7, 11) is 1.89. The van der Waals surface area contributed by atoms with Crippen molar-refractivity contribution < 1.29 is 4.39 Å². The summed E-state index contributed by atoms with van der Waals surface area (Å²) in [5.41, 5.74) is 2.70. The van der Waals surface area contributed by atoms with Crippen LogP contribution in [0.3, 0.4) is 0 Å². The van der Waals surface area contributed by atoms with Crippen LogP contribution >= 0.6 is 11.6 Å². The summed E-state index contributed by atoms with van der Waals surface area (Å²) < 4.78 is 17.2. The standard InChI is InChI=1S/C15H16ClFN4/c1-10(16)15-19-13-7-12(17)3-4-14(13)21(15)6-5-11-8-18-20(2)9-11/h3-4,7-10H,5-6H2,1-2H3. The summed E-state index contributed by atoms with van der Waals surface area (Å²) in [6.45, 7) is 2.61. The van der Waals surface area contributed by atoms with Crippen LogP contribution in [0.2, 0.25) is 0 Å². The molecule has 21 heavy (non-hydrogen) atoms. The number of rotatable bonds is 4. The van der Waals surface area contributed by atoms with Crippen molar-refractivity contribution in [2.75, 3.05) is 0 Å². The lowest BCUT2D eigenvalue weighted by molar-refractivity contribution is 0.629. The van der Waals surface area contributed by atoms with E-state index in [1.54, 1.807) is 10.7 Å². The molecule has 0 N–H and O–H groups in total. The number of halogens is 2. The lowest BCUT2D eigenvalue weighted by Gasteiger charge is -2.09. The molecule has 1 aromatic carbocycles. The minimum absolute atomic E-state index is 0.227. The quantitative estimate of drug-likeness (QED) is 0.692. The van der Waals surface area contributed by atoms with Crippen LogP contribution < -0.4 is 0 Å². The van der Waals surface area contributed by atoms with Crippen molar-refractivity contribution in [3.05, 3.63) is 47.8 Å². The second-order valence-corrected chi connectivity index (χ2v) is 5.80. The molecule has 0 aliphatic carbocycles. The van der Waals surface area contributed by atoms with Crippen LogP contribution in [0, 0.1) is 5.82 Å². The van der Waals surface area contributed by atoms with Crippen molar-refractivity contribution in [1.29, 1.82) is 0 Å². The normalized spacial score (nSPS) is 13.0. The SMILES string of the molecule is CC(Cl)c1nc2cc(F)ccc2n1CCc1cnn(C)c1. The van der Waals surface area contributed by atoms with Crippen LogP contribution in [0.4, 0.5) is 4.39 Å². The third kappa shape index (κ3) is 2.78. The Morgan fingerprint density at radius 2 is 2.19 bits per heavy atom. The molecular weight excluding hydrogens is 291 g/mol. The zero-order valence-electron chi connectivity index (χ0n) is 11.9. The van der Waals surface area contributed by atoms with Crippen molar-refractivity contribution in [3.63, 3.8) is 0 Å². The molecule has 2 heterocycles. The maximum absolute atomic E-state index is 13.3. The molecule has 0 bridgehead atoms. The summed E-state index contributed by atoms with van der Waals surface area (Å²) >= 11 is 6.21. The first-order chi connectivity index (χ1) is 10.0. The average molecular weight is 307 g/mol. The molecule has 0 aliphatic rings. The first-order valence-electron chi connectivity index (χ1n) is 6.82. The summed E-state index contributed by atoms with van der Waals surface area (Å²) in [6.07, 6.45) is 4.67. The van der Waals surface area contributed by atoms with E-state index in [1.807, 2.05) is 26.4 Å². The van der Waals surface area contributed by atoms with Gasteiger partial charge in [0.2, 0.25) is 0 Å². The highest BCUT2D eigenvalue weighted by molar-refractivity contribution is 6.20. The number of aryl methyl sites for hydroxylation is 3. The Bertz CT molecular complexity index is 775. The number of alkyl halides is 1. The Labute approximate surface area is 127 Å². The van der Waals surface area contributed by atoms with Crippen molar-refractivity contribution >= 4 is 22.6 Å². The summed E-state index contributed by atoms with van der Waals surface area (Å²) in [6, 6.07) is 4.65. The van der Waals surface area contributed by atoms with Crippen molar-refractivity contribution in [3.8, 4) is 0 Å². The Morgan fingerprint density at radius 3 is 2.86 bits per heavy atom. The van der Waals surface area contributed by atoms with Crippen LogP contribution in [0.1, 0.15) is 23.7 Å². The highest BCUT2D eigenvalue weighted by Crippen LogP contribution is 2.25. The molecule has 0 spiro atoms. The maximum atomic E-state index is 13.3. The number of nitrogens with zero attached hydrogens (tertiary/aromatic N) is 4. The maximum Gasteiger partial charge on any atom is 0.127 e. The number of benzene rings is 1. The predicted octanol–water partition coefficient (Wildman–Crippen LogP) is 3.45. The number of hydrogen-bond donors (Lipinski definition) is 0. The van der Waals surface area contributed by atoms with Crippen LogP contribution in [-0.4, -0.2) is 19.3 Å². The van der Waals surface area contributed by atoms with E-state index in [9.17, 15) is 4.39 Å². The Hall–Kier alpha value is -1.88. The largest absolute Gasteiger partial charge is 0.326 e. The van der Waals surface area contributed by atoms with Crippen LogP contribution in [-0.2, 0) is 20.0 Å². The zero-order chi connectivity index (χ0) is 15.0. The van der Waals surface area contributed by atoms with E-state index in [0.29, 0.717) is 5.52 Å². The molecule has 3 aromatic rings. The van der Waals surface area contributed by atoms with Gasteiger partial charge in [-0.1, -0.05) is 0 Å². The summed E-state index contributed by atoms with van der Waals surface area (Å²) in [5.74, 6) is 0.481. The summed E-state index contributed by atoms with van der Waals surface area (Å²) in [4.78, 5) is 4.46. The molecule has 4 nitrogen and oxygen atoms in total. The summed E-state index contributed by atoms with van der Waals surface area (Å²) in [5, 5.41) is 3.94. The van der Waals surface area contributed by atoms with Gasteiger partial charge in [0.15, 0.2) is 0 Å². The van der Waals surface area contributed by atoms with Gasteiger partial charge in [0.05, 0.1) is 22.6 Å². The molecule has 0 aliphatic heterocycles. The molecule has 6 heteroatoms. The first kappa shape index (κ1) is 14.1. The highest BCUT2D eigenvalue weighted by Gasteiger charge is 2.15. The van der Waals surface area contributed by atoms with Crippen LogP contribution in [0.15, 0.2) is 30.6 Å². The van der Waals surface area contributed by atoms with Crippen LogP contribution in [0.25, 0.3) is 11.0 Å². The molecule has 110 valence electrons. The molecule has 0 amide bonds. The fourth-order valence-corrected chi connectivity index (χ4v) is 2.67. The lowest BCUT2D eigenvalue weighted by atomic mass is 10.2.